The summed E-state index contributed by atoms with van der Waals surface area (Å²) in [7, 11) is 0. The van der Waals surface area contributed by atoms with Gasteiger partial charge in [-0.2, -0.15) is 5.10 Å². The van der Waals surface area contributed by atoms with Gasteiger partial charge in [0.1, 0.15) is 0 Å². The second-order valence-electron chi connectivity index (χ2n) is 5.90. The fourth-order valence-electron chi connectivity index (χ4n) is 2.13. The highest BCUT2D eigenvalue weighted by Gasteiger charge is 2.09. The van der Waals surface area contributed by atoms with Gasteiger partial charge in [-0.25, -0.2) is 5.43 Å². The lowest BCUT2D eigenvalue weighted by molar-refractivity contribution is -0.118. The average molecular weight is 518 g/mol. The van der Waals surface area contributed by atoms with E-state index in [4.69, 9.17) is 34.8 Å². The lowest BCUT2D eigenvalue weighted by Crippen LogP contribution is -2.21. The summed E-state index contributed by atoms with van der Waals surface area (Å²) < 4.78 is 1.58. The predicted octanol–water partition coefficient (Wildman–Crippen LogP) is 6.42. The molecule has 0 aliphatic heterocycles. The van der Waals surface area contributed by atoms with Crippen molar-refractivity contribution in [1.29, 1.82) is 0 Å². The Morgan fingerprint density at radius 1 is 1.03 bits per heavy atom. The molecule has 0 saturated heterocycles. The molecule has 3 rings (SSSR count). The lowest BCUT2D eigenvalue weighted by Gasteiger charge is -2.04. The fourth-order valence-corrected chi connectivity index (χ4v) is 5.32. The van der Waals surface area contributed by atoms with Crippen LogP contribution in [0.4, 0.5) is 0 Å². The molecular formula is C19H15Cl3N4OS3. The molecule has 1 heterocycles. The van der Waals surface area contributed by atoms with Crippen LogP contribution in [-0.2, 0) is 10.5 Å². The number of carbonyl (C=O) groups is 1. The van der Waals surface area contributed by atoms with Gasteiger partial charge in [0, 0.05) is 10.8 Å². The number of benzene rings is 2. The molecule has 30 heavy (non-hydrogen) atoms. The van der Waals surface area contributed by atoms with Crippen molar-refractivity contribution in [2.75, 3.05) is 5.75 Å². The number of thioether (sulfide) groups is 2. The smallest absolute Gasteiger partial charge is 0.250 e. The number of nitrogens with zero attached hydrogens (tertiary/aromatic N) is 3. The summed E-state index contributed by atoms with van der Waals surface area (Å²) in [4.78, 5) is 12.1. The average Bonchev–Trinajstić information content (AvgIpc) is 3.20. The van der Waals surface area contributed by atoms with Crippen LogP contribution in [0.5, 0.6) is 0 Å². The van der Waals surface area contributed by atoms with Crippen molar-refractivity contribution in [3.63, 3.8) is 0 Å². The Kier molecular flexibility index (Phi) is 8.85. The third-order valence-corrected chi connectivity index (χ3v) is 7.93. The van der Waals surface area contributed by atoms with Crippen molar-refractivity contribution < 1.29 is 4.79 Å². The van der Waals surface area contributed by atoms with Crippen molar-refractivity contribution in [2.45, 2.75) is 21.4 Å². The summed E-state index contributed by atoms with van der Waals surface area (Å²) in [5.41, 5.74) is 5.10. The van der Waals surface area contributed by atoms with Gasteiger partial charge in [0.05, 0.1) is 21.5 Å². The van der Waals surface area contributed by atoms with Crippen molar-refractivity contribution >= 4 is 81.3 Å². The summed E-state index contributed by atoms with van der Waals surface area (Å²) in [6.45, 7) is 1.78. The maximum Gasteiger partial charge on any atom is 0.250 e. The highest BCUT2D eigenvalue weighted by molar-refractivity contribution is 8.03. The van der Waals surface area contributed by atoms with Gasteiger partial charge in [-0.1, -0.05) is 87.9 Å². The van der Waals surface area contributed by atoms with Gasteiger partial charge in [-0.3, -0.25) is 4.79 Å². The molecule has 0 spiro atoms. The summed E-state index contributed by atoms with van der Waals surface area (Å²) in [6.07, 6.45) is 0. The summed E-state index contributed by atoms with van der Waals surface area (Å²) in [5.74, 6) is 0.735. The van der Waals surface area contributed by atoms with Gasteiger partial charge < -0.3 is 0 Å². The third-order valence-electron chi connectivity index (χ3n) is 3.68. The minimum absolute atomic E-state index is 0.189. The second-order valence-corrected chi connectivity index (χ2v) is 10.6. The maximum atomic E-state index is 12.1. The number of hydrazone groups is 1. The first-order valence-corrected chi connectivity index (χ1v) is 12.4. The van der Waals surface area contributed by atoms with Gasteiger partial charge in [0.15, 0.2) is 8.68 Å². The number of rotatable bonds is 8. The molecule has 3 aromatic rings. The van der Waals surface area contributed by atoms with E-state index in [9.17, 15) is 4.79 Å². The minimum atomic E-state index is -0.232. The molecule has 0 aliphatic carbocycles. The van der Waals surface area contributed by atoms with Gasteiger partial charge in [-0.05, 0) is 42.3 Å². The Balaban J connectivity index is 1.45. The molecule has 2 aromatic carbocycles. The molecule has 0 saturated carbocycles. The zero-order valence-corrected chi connectivity index (χ0v) is 20.3. The molecule has 0 bridgehead atoms. The number of hydrogen-bond acceptors (Lipinski definition) is 7. The number of carbonyl (C=O) groups excluding carboxylic acids is 1. The summed E-state index contributed by atoms with van der Waals surface area (Å²) in [6, 6.07) is 12.9. The van der Waals surface area contributed by atoms with Crippen LogP contribution in [0.1, 0.15) is 18.1 Å². The van der Waals surface area contributed by atoms with E-state index >= 15 is 0 Å². The number of halogens is 3. The standard InChI is InChI=1S/C19H15Cl3N4OS3/c1-11(13-4-7-15(21)16(22)8-13)23-24-17(27)10-29-19-26-25-18(30-19)28-9-12-2-5-14(20)6-3-12/h2-8H,9-10H2,1H3,(H,24,27). The molecule has 11 heteroatoms. The second kappa shape index (κ2) is 11.4. The van der Waals surface area contributed by atoms with E-state index in [1.54, 1.807) is 36.9 Å². The molecule has 1 aromatic heterocycles. The first-order valence-electron chi connectivity index (χ1n) is 8.53. The molecule has 0 aliphatic rings. The Labute approximate surface area is 201 Å². The molecule has 5 nitrogen and oxygen atoms in total. The third kappa shape index (κ3) is 7.14. The van der Waals surface area contributed by atoms with Crippen molar-refractivity contribution in [1.82, 2.24) is 15.6 Å². The van der Waals surface area contributed by atoms with E-state index in [-0.39, 0.29) is 11.7 Å². The van der Waals surface area contributed by atoms with Gasteiger partial charge in [0.2, 0.25) is 0 Å². The Bertz CT molecular complexity index is 1060. The monoisotopic (exact) mass is 516 g/mol. The molecule has 1 N–H and O–H groups in total. The zero-order valence-electron chi connectivity index (χ0n) is 15.6. The molecule has 156 valence electrons. The van der Waals surface area contributed by atoms with Crippen LogP contribution in [0.15, 0.2) is 56.2 Å². The van der Waals surface area contributed by atoms with E-state index < -0.39 is 0 Å². The molecule has 0 radical (unpaired) electrons. The Morgan fingerprint density at radius 3 is 2.43 bits per heavy atom. The highest BCUT2D eigenvalue weighted by Crippen LogP contribution is 2.30. The predicted molar refractivity (Wildman–Crippen MR) is 128 cm³/mol. The van der Waals surface area contributed by atoms with Crippen LogP contribution >= 0.6 is 69.7 Å². The van der Waals surface area contributed by atoms with Crippen LogP contribution in [0, 0.1) is 0 Å². The fraction of sp³-hybridized carbons (Fsp3) is 0.158. The van der Waals surface area contributed by atoms with E-state index in [0.717, 1.165) is 25.6 Å². The Morgan fingerprint density at radius 2 is 1.73 bits per heavy atom. The quantitative estimate of drug-likeness (QED) is 0.212. The maximum absolute atomic E-state index is 12.1. The highest BCUT2D eigenvalue weighted by atomic mass is 35.5. The van der Waals surface area contributed by atoms with Gasteiger partial charge in [-0.15, -0.1) is 10.2 Å². The number of aromatic nitrogens is 2. The molecule has 0 unspecified atom stereocenters. The van der Waals surface area contributed by atoms with Crippen LogP contribution in [-0.4, -0.2) is 27.6 Å². The minimum Gasteiger partial charge on any atom is -0.272 e. The molecular weight excluding hydrogens is 503 g/mol. The SMILES string of the molecule is CC(=NNC(=O)CSc1nnc(SCc2ccc(Cl)cc2)s1)c1ccc(Cl)c(Cl)c1. The topological polar surface area (TPSA) is 67.2 Å². The Hall–Kier alpha value is -1.29. The van der Waals surface area contributed by atoms with E-state index in [1.807, 2.05) is 24.3 Å². The first kappa shape index (κ1) is 23.4. The van der Waals surface area contributed by atoms with Crippen LogP contribution < -0.4 is 5.43 Å². The number of amides is 1. The van der Waals surface area contributed by atoms with Crippen LogP contribution in [0.25, 0.3) is 0 Å². The van der Waals surface area contributed by atoms with Crippen molar-refractivity contribution in [3.8, 4) is 0 Å². The van der Waals surface area contributed by atoms with E-state index in [0.29, 0.717) is 20.8 Å². The number of nitrogens with one attached hydrogen (secondary N) is 1. The first-order chi connectivity index (χ1) is 14.4. The number of hydrogen-bond donors (Lipinski definition) is 1. The van der Waals surface area contributed by atoms with Gasteiger partial charge >= 0.3 is 0 Å². The van der Waals surface area contributed by atoms with Crippen molar-refractivity contribution in [3.05, 3.63) is 68.7 Å². The van der Waals surface area contributed by atoms with E-state index in [2.05, 4.69) is 20.7 Å². The van der Waals surface area contributed by atoms with Gasteiger partial charge in [0.25, 0.3) is 5.91 Å². The van der Waals surface area contributed by atoms with Crippen molar-refractivity contribution in [2.24, 2.45) is 5.10 Å². The zero-order chi connectivity index (χ0) is 21.5. The van der Waals surface area contributed by atoms with Crippen LogP contribution in [0.2, 0.25) is 15.1 Å². The van der Waals surface area contributed by atoms with Crippen LogP contribution in [0.3, 0.4) is 0 Å². The summed E-state index contributed by atoms with van der Waals surface area (Å²) in [5, 5.41) is 14.0. The lowest BCUT2D eigenvalue weighted by atomic mass is 10.1. The normalized spacial score (nSPS) is 11.5. The summed E-state index contributed by atoms with van der Waals surface area (Å²) >= 11 is 22.2. The molecule has 1 amide bonds. The molecule has 0 atom stereocenters. The largest absolute Gasteiger partial charge is 0.272 e. The van der Waals surface area contributed by atoms with E-state index in [1.165, 1.54) is 23.1 Å². The molecule has 0 fully saturated rings.